The first kappa shape index (κ1) is 7.30. The second kappa shape index (κ2) is 2.85. The summed E-state index contributed by atoms with van der Waals surface area (Å²) in [6.45, 7) is 0. The molecule has 1 heterocycles. The Morgan fingerprint density at radius 2 is 2.11 bits per heavy atom. The highest BCUT2D eigenvalue weighted by Crippen LogP contribution is 2.03. The van der Waals surface area contributed by atoms with Crippen molar-refractivity contribution < 1.29 is 0 Å². The van der Waals surface area contributed by atoms with Crippen molar-refractivity contribution in [2.75, 3.05) is 0 Å². The molecule has 0 radical (unpaired) electrons. The predicted octanol–water partition coefficient (Wildman–Crippen LogP) is 0.375. The van der Waals surface area contributed by atoms with E-state index < -0.39 is 0 Å². The van der Waals surface area contributed by atoms with Gasteiger partial charge < -0.3 is 5.32 Å². The highest BCUT2D eigenvalue weighted by Gasteiger charge is 2.06. The minimum Gasteiger partial charge on any atom is -0.335 e. The van der Waals surface area contributed by atoms with Gasteiger partial charge in [-0.25, -0.2) is 4.99 Å². The summed E-state index contributed by atoms with van der Waals surface area (Å²) in [5.74, 6) is 0. The van der Waals surface area contributed by atoms with Crippen LogP contribution in [0.25, 0.3) is 0 Å². The van der Waals surface area contributed by atoms with Crippen molar-refractivity contribution in [3.05, 3.63) is 0 Å². The van der Waals surface area contributed by atoms with Crippen LogP contribution in [0.4, 0.5) is 0 Å². The summed E-state index contributed by atoms with van der Waals surface area (Å²) in [7, 11) is 0. The minimum atomic E-state index is -0.262. The van der Waals surface area contributed by atoms with Crippen molar-refractivity contribution in [1.29, 1.82) is 0 Å². The molecule has 0 bridgehead atoms. The van der Waals surface area contributed by atoms with Gasteiger partial charge in [-0.3, -0.25) is 0 Å². The van der Waals surface area contributed by atoms with E-state index in [2.05, 4.69) is 53.2 Å². The molecule has 9 heavy (non-hydrogen) atoms. The Hall–Kier alpha value is 0.190. The Morgan fingerprint density at radius 3 is 2.56 bits per heavy atom. The van der Waals surface area contributed by atoms with Crippen molar-refractivity contribution >= 4 is 48.2 Å². The maximum absolute atomic E-state index is 4.00. The number of nitrogens with zero attached hydrogens (tertiary/aromatic N) is 2. The van der Waals surface area contributed by atoms with E-state index in [9.17, 15) is 0 Å². The number of hydrogen-bond donors (Lipinski definition) is 4. The van der Waals surface area contributed by atoms with E-state index in [1.54, 1.807) is 0 Å². The second-order valence-electron chi connectivity index (χ2n) is 1.38. The van der Waals surface area contributed by atoms with Crippen molar-refractivity contribution in [2.24, 2.45) is 9.98 Å². The van der Waals surface area contributed by atoms with Crippen LogP contribution in [0.2, 0.25) is 0 Å². The Balaban J connectivity index is 2.74. The van der Waals surface area contributed by atoms with Gasteiger partial charge in [0.1, 0.15) is 0 Å². The fraction of sp³-hybridized carbons (Fsp3) is 0.333. The first-order valence-electron chi connectivity index (χ1n) is 2.17. The van der Waals surface area contributed by atoms with E-state index in [0.717, 1.165) is 0 Å². The number of rotatable bonds is 0. The summed E-state index contributed by atoms with van der Waals surface area (Å²) in [6, 6.07) is 0. The Bertz CT molecular complexity index is 175. The van der Waals surface area contributed by atoms with Crippen LogP contribution >= 0.6 is 37.9 Å². The second-order valence-corrected chi connectivity index (χ2v) is 2.70. The van der Waals surface area contributed by atoms with Gasteiger partial charge in [0.15, 0.2) is 15.8 Å². The molecule has 50 valence electrons. The zero-order valence-corrected chi connectivity index (χ0v) is 7.00. The van der Waals surface area contributed by atoms with Gasteiger partial charge in [0.2, 0.25) is 0 Å². The number of amidine groups is 2. The van der Waals surface area contributed by atoms with E-state index in [1.807, 2.05) is 0 Å². The largest absolute Gasteiger partial charge is 0.335 e. The first-order valence-corrected chi connectivity index (χ1v) is 3.58. The Labute approximate surface area is 69.3 Å². The molecule has 3 nitrogen and oxygen atoms in total. The van der Waals surface area contributed by atoms with Crippen LogP contribution in [0, 0.1) is 0 Å². The first-order chi connectivity index (χ1) is 4.18. The fourth-order valence-electron chi connectivity index (χ4n) is 0.413. The molecule has 0 saturated carbocycles. The zero-order valence-electron chi connectivity index (χ0n) is 4.31. The quantitative estimate of drug-likeness (QED) is 0.399. The van der Waals surface area contributed by atoms with Gasteiger partial charge in [0, 0.05) is 0 Å². The Morgan fingerprint density at radius 1 is 1.44 bits per heavy atom. The number of thiol groups is 3. The lowest BCUT2D eigenvalue weighted by Crippen LogP contribution is -2.30. The number of aliphatic imine (C=N–C) groups is 2. The van der Waals surface area contributed by atoms with Crippen LogP contribution in [0.5, 0.6) is 0 Å². The highest BCUT2D eigenvalue weighted by atomic mass is 32.1. The molecule has 1 atom stereocenters. The van der Waals surface area contributed by atoms with Crippen molar-refractivity contribution in [3.63, 3.8) is 0 Å². The lowest BCUT2D eigenvalue weighted by atomic mass is 10.9. The van der Waals surface area contributed by atoms with Gasteiger partial charge in [-0.15, -0.1) is 37.9 Å². The molecule has 0 fully saturated rings. The summed E-state index contributed by atoms with van der Waals surface area (Å²) in [4.78, 5) is 7.60. The smallest absolute Gasteiger partial charge is 0.185 e. The molecule has 0 aromatic heterocycles. The monoisotopic (exact) mass is 179 g/mol. The number of hydrogen-bond acceptors (Lipinski definition) is 4. The molecule has 1 rings (SSSR count). The molecule has 1 aliphatic rings. The van der Waals surface area contributed by atoms with Crippen LogP contribution in [-0.2, 0) is 0 Å². The van der Waals surface area contributed by atoms with Gasteiger partial charge in [-0.2, -0.15) is 4.99 Å². The normalized spacial score (nSPS) is 26.3. The molecular weight excluding hydrogens is 174 g/mol. The van der Waals surface area contributed by atoms with Gasteiger partial charge in [0.25, 0.3) is 0 Å². The summed E-state index contributed by atoms with van der Waals surface area (Å²) in [6.07, 6.45) is 0. The lowest BCUT2D eigenvalue weighted by Gasteiger charge is -2.12. The van der Waals surface area contributed by atoms with E-state index in [0.29, 0.717) is 10.3 Å². The van der Waals surface area contributed by atoms with Gasteiger partial charge >= 0.3 is 0 Å². The van der Waals surface area contributed by atoms with Crippen LogP contribution in [0.1, 0.15) is 0 Å². The topological polar surface area (TPSA) is 36.8 Å². The summed E-state index contributed by atoms with van der Waals surface area (Å²) < 4.78 is 0. The Kier molecular flexibility index (Phi) is 2.31. The molecule has 0 aromatic rings. The van der Waals surface area contributed by atoms with Gasteiger partial charge in [0.05, 0.1) is 0 Å². The molecular formula is C3H5N3S3. The minimum absolute atomic E-state index is 0.262. The van der Waals surface area contributed by atoms with E-state index in [1.165, 1.54) is 0 Å². The summed E-state index contributed by atoms with van der Waals surface area (Å²) in [5, 5.41) is 3.65. The average molecular weight is 179 g/mol. The average Bonchev–Trinajstić information content (AvgIpc) is 1.59. The van der Waals surface area contributed by atoms with Crippen LogP contribution < -0.4 is 5.32 Å². The summed E-state index contributed by atoms with van der Waals surface area (Å²) in [5.41, 5.74) is -0.262. The zero-order chi connectivity index (χ0) is 6.85. The van der Waals surface area contributed by atoms with Crippen LogP contribution in [-0.4, -0.2) is 15.8 Å². The molecule has 0 aliphatic carbocycles. The third-order valence-electron chi connectivity index (χ3n) is 0.702. The maximum atomic E-state index is 4.00. The summed E-state index contributed by atoms with van der Waals surface area (Å²) >= 11 is 11.8. The predicted molar refractivity (Wildman–Crippen MR) is 48.8 cm³/mol. The van der Waals surface area contributed by atoms with Crippen molar-refractivity contribution in [2.45, 2.75) is 5.50 Å². The standard InChI is InChI=1S/C3H5N3S3/c7-1-4-2(8)6-3(9)5-1/h1,7H,(H3,4,5,6,8,9). The van der Waals surface area contributed by atoms with E-state index >= 15 is 0 Å². The van der Waals surface area contributed by atoms with Gasteiger partial charge in [-0.05, 0) is 0 Å². The molecule has 0 amide bonds. The van der Waals surface area contributed by atoms with Crippen LogP contribution in [0.15, 0.2) is 9.98 Å². The van der Waals surface area contributed by atoms with Crippen LogP contribution in [0.3, 0.4) is 0 Å². The molecule has 0 aromatic carbocycles. The maximum Gasteiger partial charge on any atom is 0.185 e. The molecule has 0 spiro atoms. The number of nitrogens with one attached hydrogen (secondary N) is 1. The molecule has 1 aliphatic heterocycles. The molecule has 0 saturated heterocycles. The third kappa shape index (κ3) is 2.11. The van der Waals surface area contributed by atoms with Crippen molar-refractivity contribution in [3.8, 4) is 0 Å². The van der Waals surface area contributed by atoms with Crippen molar-refractivity contribution in [1.82, 2.24) is 5.32 Å². The highest BCUT2D eigenvalue weighted by molar-refractivity contribution is 7.98. The molecule has 1 N–H and O–H groups in total. The lowest BCUT2D eigenvalue weighted by molar-refractivity contribution is 0.867. The SMILES string of the molecule is SC1=NC(S)NC(S)=N1. The van der Waals surface area contributed by atoms with E-state index in [-0.39, 0.29) is 5.50 Å². The van der Waals surface area contributed by atoms with E-state index in [4.69, 9.17) is 0 Å². The molecule has 1 unspecified atom stereocenters. The van der Waals surface area contributed by atoms with Gasteiger partial charge in [-0.1, -0.05) is 0 Å². The molecule has 6 heteroatoms. The fourth-order valence-corrected chi connectivity index (χ4v) is 1.35. The third-order valence-corrected chi connectivity index (χ3v) is 1.39.